The lowest BCUT2D eigenvalue weighted by atomic mass is 10.1. The van der Waals surface area contributed by atoms with Crippen LogP contribution in [0.15, 0.2) is 42.5 Å². The number of methoxy groups -OCH3 is 1. The quantitative estimate of drug-likeness (QED) is 0.928. The van der Waals surface area contributed by atoms with Gasteiger partial charge in [0.15, 0.2) is 0 Å². The van der Waals surface area contributed by atoms with Crippen molar-refractivity contribution in [3.05, 3.63) is 53.1 Å². The summed E-state index contributed by atoms with van der Waals surface area (Å²) in [5.74, 6) is 0.529. The molecular weight excluding hydrogens is 312 g/mol. The predicted octanol–water partition coefficient (Wildman–Crippen LogP) is 3.74. The first-order valence-electron chi connectivity index (χ1n) is 7.56. The Morgan fingerprint density at radius 1 is 1.35 bits per heavy atom. The summed E-state index contributed by atoms with van der Waals surface area (Å²) in [5, 5.41) is 3.37. The molecule has 0 saturated heterocycles. The Morgan fingerprint density at radius 3 is 2.87 bits per heavy atom. The van der Waals surface area contributed by atoms with Gasteiger partial charge in [0.1, 0.15) is 5.75 Å². The van der Waals surface area contributed by atoms with Gasteiger partial charge in [-0.15, -0.1) is 0 Å². The van der Waals surface area contributed by atoms with Crippen molar-refractivity contribution in [2.45, 2.75) is 19.4 Å². The number of nitrogens with zero attached hydrogens (tertiary/aromatic N) is 1. The van der Waals surface area contributed by atoms with Gasteiger partial charge in [-0.3, -0.25) is 4.79 Å². The van der Waals surface area contributed by atoms with E-state index in [0.717, 1.165) is 12.1 Å². The molecular formula is C18H19ClN2O2. The summed E-state index contributed by atoms with van der Waals surface area (Å²) in [6, 6.07) is 13.8. The zero-order chi connectivity index (χ0) is 16.4. The van der Waals surface area contributed by atoms with E-state index in [-0.39, 0.29) is 5.91 Å². The second-order valence-electron chi connectivity index (χ2n) is 5.71. The van der Waals surface area contributed by atoms with Crippen LogP contribution in [0, 0.1) is 0 Å². The van der Waals surface area contributed by atoms with E-state index in [1.807, 2.05) is 12.1 Å². The first-order valence-corrected chi connectivity index (χ1v) is 7.94. The fraction of sp³-hybridized carbons (Fsp3) is 0.278. The van der Waals surface area contributed by atoms with Crippen molar-refractivity contribution in [3.8, 4) is 5.75 Å². The number of amides is 1. The minimum absolute atomic E-state index is 0.0604. The molecule has 1 N–H and O–H groups in total. The van der Waals surface area contributed by atoms with Crippen LogP contribution in [0.4, 0.5) is 11.4 Å². The molecule has 0 fully saturated rings. The summed E-state index contributed by atoms with van der Waals surface area (Å²) in [6.07, 6.45) is 0.970. The van der Waals surface area contributed by atoms with Crippen molar-refractivity contribution in [3.63, 3.8) is 0 Å². The van der Waals surface area contributed by atoms with Crippen LogP contribution in [-0.4, -0.2) is 25.6 Å². The molecule has 23 heavy (non-hydrogen) atoms. The second kappa shape index (κ2) is 6.50. The third kappa shape index (κ3) is 3.27. The minimum Gasteiger partial charge on any atom is -0.495 e. The largest absolute Gasteiger partial charge is 0.495 e. The average molecular weight is 331 g/mol. The van der Waals surface area contributed by atoms with Crippen LogP contribution in [0.1, 0.15) is 12.5 Å². The van der Waals surface area contributed by atoms with Gasteiger partial charge < -0.3 is 15.0 Å². The number of hydrogen-bond donors (Lipinski definition) is 1. The third-order valence-electron chi connectivity index (χ3n) is 4.10. The van der Waals surface area contributed by atoms with Crippen molar-refractivity contribution < 1.29 is 9.53 Å². The van der Waals surface area contributed by atoms with Gasteiger partial charge in [-0.05, 0) is 43.2 Å². The van der Waals surface area contributed by atoms with E-state index in [1.54, 1.807) is 25.3 Å². The summed E-state index contributed by atoms with van der Waals surface area (Å²) < 4.78 is 5.11. The van der Waals surface area contributed by atoms with Crippen molar-refractivity contribution in [2.75, 3.05) is 23.9 Å². The average Bonchev–Trinajstić information content (AvgIpc) is 2.83. The standard InChI is InChI=1S/C18H19ClN2O2/c1-12-9-13-5-3-4-6-16(13)21(12)11-18(22)20-14-7-8-17(23-2)15(19)10-14/h3-8,10,12H,9,11H2,1-2H3,(H,20,22)/t12-/m1/s1. The normalized spacial score (nSPS) is 16.1. The van der Waals surface area contributed by atoms with Crippen LogP contribution in [0.2, 0.25) is 5.02 Å². The molecule has 0 unspecified atom stereocenters. The van der Waals surface area contributed by atoms with Gasteiger partial charge in [0.05, 0.1) is 18.7 Å². The van der Waals surface area contributed by atoms with E-state index in [9.17, 15) is 4.79 Å². The molecule has 1 aliphatic rings. The Labute approximate surface area is 141 Å². The first kappa shape index (κ1) is 15.7. The summed E-state index contributed by atoms with van der Waals surface area (Å²) in [6.45, 7) is 2.46. The maximum atomic E-state index is 12.4. The molecule has 0 aliphatic carbocycles. The number of carbonyl (C=O) groups excluding carboxylic acids is 1. The monoisotopic (exact) mass is 330 g/mol. The van der Waals surface area contributed by atoms with E-state index in [2.05, 4.69) is 29.3 Å². The van der Waals surface area contributed by atoms with Crippen molar-refractivity contribution in [1.29, 1.82) is 0 Å². The molecule has 0 saturated carbocycles. The van der Waals surface area contributed by atoms with E-state index in [0.29, 0.717) is 29.0 Å². The molecule has 2 aromatic rings. The molecule has 4 nitrogen and oxygen atoms in total. The highest BCUT2D eigenvalue weighted by Gasteiger charge is 2.26. The van der Waals surface area contributed by atoms with E-state index in [1.165, 1.54) is 5.56 Å². The number of carbonyl (C=O) groups is 1. The Morgan fingerprint density at radius 2 is 2.13 bits per heavy atom. The number of ether oxygens (including phenoxy) is 1. The van der Waals surface area contributed by atoms with E-state index >= 15 is 0 Å². The fourth-order valence-electron chi connectivity index (χ4n) is 2.97. The van der Waals surface area contributed by atoms with Gasteiger partial charge in [-0.2, -0.15) is 0 Å². The number of para-hydroxylation sites is 1. The molecule has 3 rings (SSSR count). The molecule has 5 heteroatoms. The lowest BCUT2D eigenvalue weighted by molar-refractivity contribution is -0.115. The maximum Gasteiger partial charge on any atom is 0.243 e. The molecule has 120 valence electrons. The Kier molecular flexibility index (Phi) is 4.44. The summed E-state index contributed by atoms with van der Waals surface area (Å²) >= 11 is 6.09. The van der Waals surface area contributed by atoms with Crippen LogP contribution >= 0.6 is 11.6 Å². The van der Waals surface area contributed by atoms with Gasteiger partial charge in [0, 0.05) is 17.4 Å². The maximum absolute atomic E-state index is 12.4. The SMILES string of the molecule is COc1ccc(NC(=O)CN2c3ccccc3C[C@H]2C)cc1Cl. The Hall–Kier alpha value is -2.20. The van der Waals surface area contributed by atoms with Crippen molar-refractivity contribution in [2.24, 2.45) is 0 Å². The molecule has 1 atom stereocenters. The van der Waals surface area contributed by atoms with Gasteiger partial charge in [-0.1, -0.05) is 29.8 Å². The van der Waals surface area contributed by atoms with Crippen LogP contribution in [0.5, 0.6) is 5.75 Å². The van der Waals surface area contributed by atoms with Crippen molar-refractivity contribution >= 4 is 28.9 Å². The fourth-order valence-corrected chi connectivity index (χ4v) is 3.23. The van der Waals surface area contributed by atoms with Crippen LogP contribution in [-0.2, 0) is 11.2 Å². The number of nitrogens with one attached hydrogen (secondary N) is 1. The molecule has 1 aliphatic heterocycles. The Bertz CT molecular complexity index is 733. The topological polar surface area (TPSA) is 41.6 Å². The second-order valence-corrected chi connectivity index (χ2v) is 6.11. The van der Waals surface area contributed by atoms with Gasteiger partial charge in [-0.25, -0.2) is 0 Å². The zero-order valence-electron chi connectivity index (χ0n) is 13.2. The first-order chi connectivity index (χ1) is 11.1. The molecule has 0 spiro atoms. The van der Waals surface area contributed by atoms with Gasteiger partial charge in [0.25, 0.3) is 0 Å². The smallest absolute Gasteiger partial charge is 0.243 e. The number of hydrogen-bond acceptors (Lipinski definition) is 3. The molecule has 0 bridgehead atoms. The van der Waals surface area contributed by atoms with E-state index in [4.69, 9.17) is 16.3 Å². The van der Waals surface area contributed by atoms with Gasteiger partial charge in [0.2, 0.25) is 5.91 Å². The third-order valence-corrected chi connectivity index (χ3v) is 4.39. The molecule has 0 radical (unpaired) electrons. The number of benzene rings is 2. The van der Waals surface area contributed by atoms with Gasteiger partial charge >= 0.3 is 0 Å². The predicted molar refractivity (Wildman–Crippen MR) is 93.6 cm³/mol. The van der Waals surface area contributed by atoms with E-state index < -0.39 is 0 Å². The number of halogens is 1. The molecule has 1 heterocycles. The number of anilines is 2. The van der Waals surface area contributed by atoms with Crippen LogP contribution in [0.25, 0.3) is 0 Å². The van der Waals surface area contributed by atoms with Crippen LogP contribution < -0.4 is 15.0 Å². The number of fused-ring (bicyclic) bond motifs is 1. The molecule has 1 amide bonds. The molecule has 2 aromatic carbocycles. The highest BCUT2D eigenvalue weighted by molar-refractivity contribution is 6.32. The number of rotatable bonds is 4. The van der Waals surface area contributed by atoms with Crippen LogP contribution in [0.3, 0.4) is 0 Å². The summed E-state index contributed by atoms with van der Waals surface area (Å²) in [4.78, 5) is 14.5. The highest BCUT2D eigenvalue weighted by Crippen LogP contribution is 2.31. The minimum atomic E-state index is -0.0604. The summed E-state index contributed by atoms with van der Waals surface area (Å²) in [7, 11) is 1.56. The lowest BCUT2D eigenvalue weighted by Gasteiger charge is -2.24. The highest BCUT2D eigenvalue weighted by atomic mass is 35.5. The lowest BCUT2D eigenvalue weighted by Crippen LogP contribution is -2.37. The molecule has 0 aromatic heterocycles. The zero-order valence-corrected chi connectivity index (χ0v) is 13.9. The Balaban J connectivity index is 1.69. The van der Waals surface area contributed by atoms with Crippen molar-refractivity contribution in [1.82, 2.24) is 0 Å². The summed E-state index contributed by atoms with van der Waals surface area (Å²) in [5.41, 5.74) is 3.10.